The smallest absolute Gasteiger partial charge is 0.185 e. The third-order valence-electron chi connectivity index (χ3n) is 2.96. The van der Waals surface area contributed by atoms with Gasteiger partial charge in [0.1, 0.15) is 0 Å². The predicted molar refractivity (Wildman–Crippen MR) is 81.6 cm³/mol. The number of nitrogens with zero attached hydrogens (tertiary/aromatic N) is 2. The molecular weight excluding hydrogens is 242 g/mol. The van der Waals surface area contributed by atoms with E-state index in [1.165, 1.54) is 23.4 Å². The quantitative estimate of drug-likeness (QED) is 0.733. The van der Waals surface area contributed by atoms with E-state index in [0.29, 0.717) is 0 Å². The van der Waals surface area contributed by atoms with Crippen LogP contribution in [0.3, 0.4) is 0 Å². The molecule has 0 atom stereocenters. The van der Waals surface area contributed by atoms with Crippen LogP contribution < -0.4 is 10.2 Å². The predicted octanol–water partition coefficient (Wildman–Crippen LogP) is 3.43. The number of rotatable bonds is 8. The van der Waals surface area contributed by atoms with Crippen LogP contribution in [0.25, 0.3) is 0 Å². The minimum Gasteiger partial charge on any atom is -0.351 e. The van der Waals surface area contributed by atoms with Gasteiger partial charge in [-0.1, -0.05) is 20.8 Å². The highest BCUT2D eigenvalue weighted by Gasteiger charge is 2.11. The number of aryl methyl sites for hydroxylation is 1. The van der Waals surface area contributed by atoms with E-state index in [0.717, 1.165) is 30.7 Å². The van der Waals surface area contributed by atoms with Gasteiger partial charge in [-0.3, -0.25) is 0 Å². The lowest BCUT2D eigenvalue weighted by Gasteiger charge is -2.16. The van der Waals surface area contributed by atoms with E-state index in [1.807, 2.05) is 11.3 Å². The zero-order valence-electron chi connectivity index (χ0n) is 12.4. The largest absolute Gasteiger partial charge is 0.351 e. The second kappa shape index (κ2) is 7.74. The highest BCUT2D eigenvalue weighted by Crippen LogP contribution is 2.25. The molecule has 0 aliphatic carbocycles. The highest BCUT2D eigenvalue weighted by atomic mass is 32.1. The molecule has 18 heavy (non-hydrogen) atoms. The third-order valence-corrected chi connectivity index (χ3v) is 4.23. The summed E-state index contributed by atoms with van der Waals surface area (Å²) >= 11 is 1.82. The van der Waals surface area contributed by atoms with Crippen molar-refractivity contribution in [1.82, 2.24) is 10.3 Å². The van der Waals surface area contributed by atoms with Crippen molar-refractivity contribution in [3.05, 3.63) is 10.6 Å². The van der Waals surface area contributed by atoms with Gasteiger partial charge in [0.2, 0.25) is 0 Å². The first-order chi connectivity index (χ1) is 8.54. The van der Waals surface area contributed by atoms with Crippen molar-refractivity contribution < 1.29 is 0 Å². The lowest BCUT2D eigenvalue weighted by atomic mass is 10.1. The molecule has 0 radical (unpaired) electrons. The molecule has 1 aromatic heterocycles. The fraction of sp³-hybridized carbons (Fsp3) is 0.786. The number of hydrogen-bond donors (Lipinski definition) is 1. The lowest BCUT2D eigenvalue weighted by molar-refractivity contribution is 0.585. The Hall–Kier alpha value is -0.610. The van der Waals surface area contributed by atoms with Crippen molar-refractivity contribution in [1.29, 1.82) is 0 Å². The molecule has 3 nitrogen and oxygen atoms in total. The van der Waals surface area contributed by atoms with Crippen LogP contribution in [-0.4, -0.2) is 25.1 Å². The second-order valence-corrected chi connectivity index (χ2v) is 6.35. The maximum Gasteiger partial charge on any atom is 0.185 e. The molecule has 0 fully saturated rings. The van der Waals surface area contributed by atoms with E-state index in [1.54, 1.807) is 0 Å². The monoisotopic (exact) mass is 269 g/mol. The van der Waals surface area contributed by atoms with Crippen molar-refractivity contribution >= 4 is 16.5 Å². The van der Waals surface area contributed by atoms with Gasteiger partial charge in [-0.15, -0.1) is 11.3 Å². The van der Waals surface area contributed by atoms with Crippen LogP contribution in [0.4, 0.5) is 5.13 Å². The zero-order valence-corrected chi connectivity index (χ0v) is 13.2. The summed E-state index contributed by atoms with van der Waals surface area (Å²) in [5.41, 5.74) is 1.18. The summed E-state index contributed by atoms with van der Waals surface area (Å²) in [6.07, 6.45) is 2.40. The van der Waals surface area contributed by atoms with E-state index in [4.69, 9.17) is 0 Å². The van der Waals surface area contributed by atoms with Crippen LogP contribution in [0.1, 0.15) is 44.2 Å². The molecule has 1 aromatic rings. The Morgan fingerprint density at radius 3 is 2.72 bits per heavy atom. The van der Waals surface area contributed by atoms with Crippen LogP contribution in [0, 0.1) is 12.8 Å². The molecule has 0 unspecified atom stereocenters. The number of hydrogen-bond acceptors (Lipinski definition) is 4. The molecule has 0 aliphatic heterocycles. The number of aromatic nitrogens is 1. The summed E-state index contributed by atoms with van der Waals surface area (Å²) in [6, 6.07) is 0. The Labute approximate surface area is 116 Å². The first kappa shape index (κ1) is 15.4. The number of nitrogens with one attached hydrogen (secondary N) is 1. The first-order valence-electron chi connectivity index (χ1n) is 6.92. The standard InChI is InChI=1S/C14H27N3S/c1-6-8-15-10-13-12(4)16-14(18-13)17(5)9-7-11(2)3/h11,15H,6-10H2,1-5H3. The molecule has 0 saturated heterocycles. The van der Waals surface area contributed by atoms with Gasteiger partial charge in [0.05, 0.1) is 5.69 Å². The van der Waals surface area contributed by atoms with Gasteiger partial charge in [-0.05, 0) is 32.2 Å². The average molecular weight is 269 g/mol. The Morgan fingerprint density at radius 1 is 1.39 bits per heavy atom. The van der Waals surface area contributed by atoms with Crippen molar-refractivity contribution in [2.45, 2.75) is 47.1 Å². The molecule has 1 N–H and O–H groups in total. The molecule has 0 amide bonds. The minimum absolute atomic E-state index is 0.749. The van der Waals surface area contributed by atoms with Crippen LogP contribution >= 0.6 is 11.3 Å². The number of anilines is 1. The first-order valence-corrected chi connectivity index (χ1v) is 7.74. The fourth-order valence-corrected chi connectivity index (χ4v) is 2.68. The Kier molecular flexibility index (Phi) is 6.65. The van der Waals surface area contributed by atoms with Crippen LogP contribution in [0.5, 0.6) is 0 Å². The van der Waals surface area contributed by atoms with E-state index in [2.05, 4.69) is 49.9 Å². The van der Waals surface area contributed by atoms with Gasteiger partial charge in [0.25, 0.3) is 0 Å². The zero-order chi connectivity index (χ0) is 13.5. The van der Waals surface area contributed by atoms with Crippen molar-refractivity contribution in [3.63, 3.8) is 0 Å². The van der Waals surface area contributed by atoms with Gasteiger partial charge in [-0.25, -0.2) is 4.98 Å². The average Bonchev–Trinajstić information content (AvgIpc) is 2.68. The maximum atomic E-state index is 4.67. The molecule has 0 saturated carbocycles. The Bertz CT molecular complexity index is 347. The van der Waals surface area contributed by atoms with Crippen molar-refractivity contribution in [2.75, 3.05) is 25.0 Å². The van der Waals surface area contributed by atoms with Gasteiger partial charge < -0.3 is 10.2 Å². The summed E-state index contributed by atoms with van der Waals surface area (Å²) < 4.78 is 0. The fourth-order valence-electron chi connectivity index (χ4n) is 1.67. The highest BCUT2D eigenvalue weighted by molar-refractivity contribution is 7.15. The van der Waals surface area contributed by atoms with Gasteiger partial charge >= 0.3 is 0 Å². The molecule has 1 rings (SSSR count). The van der Waals surface area contributed by atoms with Crippen molar-refractivity contribution in [3.8, 4) is 0 Å². The van der Waals surface area contributed by atoms with E-state index in [9.17, 15) is 0 Å². The van der Waals surface area contributed by atoms with E-state index < -0.39 is 0 Å². The minimum atomic E-state index is 0.749. The molecule has 0 spiro atoms. The molecule has 0 aliphatic rings. The normalized spacial score (nSPS) is 11.2. The topological polar surface area (TPSA) is 28.2 Å². The molecule has 104 valence electrons. The van der Waals surface area contributed by atoms with Crippen molar-refractivity contribution in [2.24, 2.45) is 5.92 Å². The summed E-state index contributed by atoms with van der Waals surface area (Å²) in [5.74, 6) is 0.749. The lowest BCUT2D eigenvalue weighted by Crippen LogP contribution is -2.19. The SMILES string of the molecule is CCCNCc1sc(N(C)CCC(C)C)nc1C. The molecule has 1 heterocycles. The van der Waals surface area contributed by atoms with Gasteiger partial charge in [-0.2, -0.15) is 0 Å². The van der Waals surface area contributed by atoms with Gasteiger partial charge in [0, 0.05) is 25.0 Å². The van der Waals surface area contributed by atoms with Crippen LogP contribution in [-0.2, 0) is 6.54 Å². The summed E-state index contributed by atoms with van der Waals surface area (Å²) in [4.78, 5) is 8.32. The third kappa shape index (κ3) is 4.94. The molecule has 0 aromatic carbocycles. The molecular formula is C14H27N3S. The van der Waals surface area contributed by atoms with E-state index >= 15 is 0 Å². The molecule has 0 bridgehead atoms. The van der Waals surface area contributed by atoms with Crippen LogP contribution in [0.2, 0.25) is 0 Å². The summed E-state index contributed by atoms with van der Waals surface area (Å²) in [5, 5.41) is 4.60. The number of thiazole rings is 1. The Balaban J connectivity index is 2.53. The Morgan fingerprint density at radius 2 is 2.11 bits per heavy atom. The maximum absolute atomic E-state index is 4.67. The van der Waals surface area contributed by atoms with Crippen LogP contribution in [0.15, 0.2) is 0 Å². The summed E-state index contributed by atoms with van der Waals surface area (Å²) in [6.45, 7) is 12.0. The van der Waals surface area contributed by atoms with E-state index in [-0.39, 0.29) is 0 Å². The summed E-state index contributed by atoms with van der Waals surface area (Å²) in [7, 11) is 2.14. The molecule has 4 heteroatoms. The van der Waals surface area contributed by atoms with Gasteiger partial charge in [0.15, 0.2) is 5.13 Å². The second-order valence-electron chi connectivity index (χ2n) is 5.29.